The molecule has 0 saturated heterocycles. The summed E-state index contributed by atoms with van der Waals surface area (Å²) >= 11 is 0. The van der Waals surface area contributed by atoms with Crippen molar-refractivity contribution >= 4 is 0 Å². The molecule has 0 saturated carbocycles. The molecule has 1 aliphatic rings. The second-order valence-electron chi connectivity index (χ2n) is 4.37. The van der Waals surface area contributed by atoms with E-state index < -0.39 is 5.66 Å². The van der Waals surface area contributed by atoms with Gasteiger partial charge in [0.15, 0.2) is 0 Å². The minimum Gasteiger partial charge on any atom is -0.310 e. The van der Waals surface area contributed by atoms with E-state index in [2.05, 4.69) is 30.3 Å². The predicted octanol–water partition coefficient (Wildman–Crippen LogP) is 1.98. The Hall–Kier alpha value is -1.38. The minimum atomic E-state index is -0.691. The summed E-state index contributed by atoms with van der Waals surface area (Å²) in [6, 6.07) is 10.4. The molecule has 0 bridgehead atoms. The van der Waals surface area contributed by atoms with Gasteiger partial charge in [0.05, 0.1) is 5.66 Å². The Morgan fingerprint density at radius 1 is 1.06 bits per heavy atom. The van der Waals surface area contributed by atoms with Gasteiger partial charge in [-0.2, -0.15) is 0 Å². The molecule has 0 heterocycles. The van der Waals surface area contributed by atoms with Gasteiger partial charge in [0.2, 0.25) is 0 Å². The second kappa shape index (κ2) is 4.64. The van der Waals surface area contributed by atoms with Crippen LogP contribution in [0.1, 0.15) is 12.0 Å². The zero-order valence-corrected chi connectivity index (χ0v) is 9.34. The lowest BCUT2D eigenvalue weighted by atomic mass is 9.85. The van der Waals surface area contributed by atoms with Crippen molar-refractivity contribution in [3.8, 4) is 0 Å². The molecule has 0 aromatic heterocycles. The van der Waals surface area contributed by atoms with Crippen LogP contribution < -0.4 is 11.5 Å². The SMILES string of the molecule is NC1(N)C=CC=CC1CCc1ccccc1. The number of hydrogen-bond donors (Lipinski definition) is 2. The van der Waals surface area contributed by atoms with Crippen molar-refractivity contribution in [1.82, 2.24) is 0 Å². The molecule has 0 amide bonds. The molecule has 4 N–H and O–H groups in total. The maximum atomic E-state index is 6.03. The number of rotatable bonds is 3. The van der Waals surface area contributed by atoms with Gasteiger partial charge in [0, 0.05) is 5.92 Å². The van der Waals surface area contributed by atoms with Crippen molar-refractivity contribution in [2.45, 2.75) is 18.5 Å². The molecule has 2 nitrogen and oxygen atoms in total. The lowest BCUT2D eigenvalue weighted by Crippen LogP contribution is -2.54. The van der Waals surface area contributed by atoms with Gasteiger partial charge in [-0.05, 0) is 24.5 Å². The van der Waals surface area contributed by atoms with Gasteiger partial charge in [0.25, 0.3) is 0 Å². The third-order valence-electron chi connectivity index (χ3n) is 3.07. The lowest BCUT2D eigenvalue weighted by molar-refractivity contribution is 0.382. The van der Waals surface area contributed by atoms with Crippen molar-refractivity contribution in [2.24, 2.45) is 17.4 Å². The minimum absolute atomic E-state index is 0.220. The third-order valence-corrected chi connectivity index (χ3v) is 3.07. The molecule has 1 aliphatic carbocycles. The smallest absolute Gasteiger partial charge is 0.0895 e. The van der Waals surface area contributed by atoms with Crippen LogP contribution in [0, 0.1) is 5.92 Å². The Bertz CT molecular complexity index is 390. The first-order valence-electron chi connectivity index (χ1n) is 5.66. The fourth-order valence-electron chi connectivity index (χ4n) is 2.02. The zero-order chi connectivity index (χ0) is 11.4. The lowest BCUT2D eigenvalue weighted by Gasteiger charge is -2.31. The standard InChI is InChI=1S/C14H18N2/c15-14(16)11-5-4-8-13(14)10-9-12-6-2-1-3-7-12/h1-8,11,13H,9-10,15-16H2. The number of benzene rings is 1. The van der Waals surface area contributed by atoms with E-state index >= 15 is 0 Å². The summed E-state index contributed by atoms with van der Waals surface area (Å²) in [6.45, 7) is 0. The number of nitrogens with two attached hydrogens (primary N) is 2. The highest BCUT2D eigenvalue weighted by molar-refractivity contribution is 5.22. The number of allylic oxidation sites excluding steroid dienone is 2. The Morgan fingerprint density at radius 2 is 1.81 bits per heavy atom. The molecule has 2 rings (SSSR count). The number of hydrogen-bond acceptors (Lipinski definition) is 2. The quantitative estimate of drug-likeness (QED) is 0.756. The summed E-state index contributed by atoms with van der Waals surface area (Å²) < 4.78 is 0. The Labute approximate surface area is 96.6 Å². The van der Waals surface area contributed by atoms with E-state index in [9.17, 15) is 0 Å². The highest BCUT2D eigenvalue weighted by atomic mass is 15.0. The normalized spacial score (nSPS) is 22.2. The predicted molar refractivity (Wildman–Crippen MR) is 67.6 cm³/mol. The van der Waals surface area contributed by atoms with E-state index in [-0.39, 0.29) is 5.92 Å². The average molecular weight is 214 g/mol. The van der Waals surface area contributed by atoms with Crippen molar-refractivity contribution in [1.29, 1.82) is 0 Å². The average Bonchev–Trinajstić information content (AvgIpc) is 2.28. The highest BCUT2D eigenvalue weighted by Gasteiger charge is 2.26. The summed E-state index contributed by atoms with van der Waals surface area (Å²) in [6.07, 6.45) is 9.91. The molecule has 0 radical (unpaired) electrons. The summed E-state index contributed by atoms with van der Waals surface area (Å²) in [4.78, 5) is 0. The molecular formula is C14H18N2. The molecule has 16 heavy (non-hydrogen) atoms. The van der Waals surface area contributed by atoms with E-state index in [1.165, 1.54) is 5.56 Å². The maximum Gasteiger partial charge on any atom is 0.0895 e. The van der Waals surface area contributed by atoms with Crippen LogP contribution in [-0.4, -0.2) is 5.66 Å². The summed E-state index contributed by atoms with van der Waals surface area (Å²) in [5, 5.41) is 0. The van der Waals surface area contributed by atoms with E-state index in [1.54, 1.807) is 0 Å². The van der Waals surface area contributed by atoms with Crippen molar-refractivity contribution in [2.75, 3.05) is 0 Å². The first kappa shape index (κ1) is 11.1. The molecule has 1 aromatic carbocycles. The first-order chi connectivity index (χ1) is 7.68. The van der Waals surface area contributed by atoms with Gasteiger partial charge >= 0.3 is 0 Å². The van der Waals surface area contributed by atoms with Gasteiger partial charge in [-0.25, -0.2) is 0 Å². The van der Waals surface area contributed by atoms with Crippen LogP contribution >= 0.6 is 0 Å². The Kier molecular flexibility index (Phi) is 3.22. The van der Waals surface area contributed by atoms with Crippen molar-refractivity contribution in [3.05, 3.63) is 60.2 Å². The molecule has 0 spiro atoms. The van der Waals surface area contributed by atoms with Gasteiger partial charge in [-0.3, -0.25) is 0 Å². The second-order valence-corrected chi connectivity index (χ2v) is 4.37. The molecule has 84 valence electrons. The Balaban J connectivity index is 1.96. The monoisotopic (exact) mass is 214 g/mol. The van der Waals surface area contributed by atoms with E-state index in [0.717, 1.165) is 12.8 Å². The van der Waals surface area contributed by atoms with Gasteiger partial charge in [0.1, 0.15) is 0 Å². The van der Waals surface area contributed by atoms with Crippen LogP contribution in [0.15, 0.2) is 54.6 Å². The van der Waals surface area contributed by atoms with Gasteiger partial charge in [-0.15, -0.1) is 0 Å². The summed E-state index contributed by atoms with van der Waals surface area (Å²) in [5.41, 5.74) is 12.7. The summed E-state index contributed by atoms with van der Waals surface area (Å²) in [5.74, 6) is 0.220. The first-order valence-corrected chi connectivity index (χ1v) is 5.66. The van der Waals surface area contributed by atoms with Crippen molar-refractivity contribution in [3.63, 3.8) is 0 Å². The van der Waals surface area contributed by atoms with Crippen LogP contribution in [0.5, 0.6) is 0 Å². The van der Waals surface area contributed by atoms with E-state index in [1.807, 2.05) is 24.3 Å². The summed E-state index contributed by atoms with van der Waals surface area (Å²) in [7, 11) is 0. The molecule has 0 aliphatic heterocycles. The van der Waals surface area contributed by atoms with E-state index in [4.69, 9.17) is 11.5 Å². The van der Waals surface area contributed by atoms with E-state index in [0.29, 0.717) is 0 Å². The fraction of sp³-hybridized carbons (Fsp3) is 0.286. The molecule has 1 aromatic rings. The molecule has 1 atom stereocenters. The van der Waals surface area contributed by atoms with Crippen LogP contribution in [0.4, 0.5) is 0 Å². The molecule has 1 unspecified atom stereocenters. The van der Waals surface area contributed by atoms with Crippen LogP contribution in [-0.2, 0) is 6.42 Å². The molecular weight excluding hydrogens is 196 g/mol. The highest BCUT2D eigenvalue weighted by Crippen LogP contribution is 2.22. The zero-order valence-electron chi connectivity index (χ0n) is 9.34. The third kappa shape index (κ3) is 2.60. The van der Waals surface area contributed by atoms with Gasteiger partial charge < -0.3 is 11.5 Å². The van der Waals surface area contributed by atoms with Gasteiger partial charge in [-0.1, -0.05) is 48.6 Å². The van der Waals surface area contributed by atoms with Crippen molar-refractivity contribution < 1.29 is 0 Å². The molecule has 2 heteroatoms. The van der Waals surface area contributed by atoms with Crippen LogP contribution in [0.3, 0.4) is 0 Å². The fourth-order valence-corrected chi connectivity index (χ4v) is 2.02. The maximum absolute atomic E-state index is 6.03. The number of aryl methyl sites for hydroxylation is 1. The van der Waals surface area contributed by atoms with Crippen LogP contribution in [0.25, 0.3) is 0 Å². The Morgan fingerprint density at radius 3 is 2.50 bits per heavy atom. The molecule has 0 fully saturated rings. The largest absolute Gasteiger partial charge is 0.310 e. The van der Waals surface area contributed by atoms with Crippen LogP contribution in [0.2, 0.25) is 0 Å². The topological polar surface area (TPSA) is 52.0 Å².